The Labute approximate surface area is 112 Å². The van der Waals surface area contributed by atoms with Crippen molar-refractivity contribution >= 4 is 17.7 Å². The first kappa shape index (κ1) is 14.3. The maximum absolute atomic E-state index is 10.1. The quantitative estimate of drug-likeness (QED) is 0.591. The van der Waals surface area contributed by atoms with Crippen LogP contribution in [-0.4, -0.2) is 15.9 Å². The Morgan fingerprint density at radius 1 is 1.17 bits per heavy atom. The molecule has 1 fully saturated rings. The molecular weight excluding hydrogens is 267 g/mol. The van der Waals surface area contributed by atoms with E-state index < -0.39 is 6.72 Å². The molecular formula is C13H21O3PS. The van der Waals surface area contributed by atoms with Crippen LogP contribution in [0.5, 0.6) is 0 Å². The molecule has 102 valence electrons. The van der Waals surface area contributed by atoms with Crippen LogP contribution in [0.4, 0.5) is 0 Å². The van der Waals surface area contributed by atoms with E-state index in [0.29, 0.717) is 10.9 Å². The van der Waals surface area contributed by atoms with E-state index in [9.17, 15) is 9.79 Å². The van der Waals surface area contributed by atoms with Crippen LogP contribution < -0.4 is 0 Å². The van der Waals surface area contributed by atoms with E-state index in [0.717, 1.165) is 36.1 Å². The zero-order chi connectivity index (χ0) is 13.0. The molecule has 0 amide bonds. The number of aryl methyl sites for hydroxylation is 1. The highest BCUT2D eigenvalue weighted by molar-refractivity contribution is 8.16. The first-order valence-electron chi connectivity index (χ1n) is 6.39. The van der Waals surface area contributed by atoms with Crippen molar-refractivity contribution in [2.45, 2.75) is 50.0 Å². The van der Waals surface area contributed by atoms with Gasteiger partial charge in [0.25, 0.3) is 6.72 Å². The van der Waals surface area contributed by atoms with E-state index >= 15 is 0 Å². The molecule has 0 heterocycles. The summed E-state index contributed by atoms with van der Waals surface area (Å²) in [5.74, 6) is 0. The lowest BCUT2D eigenvalue weighted by Gasteiger charge is -2.25. The van der Waals surface area contributed by atoms with Gasteiger partial charge in [-0.1, -0.05) is 48.4 Å². The highest BCUT2D eigenvalue weighted by atomic mass is 32.5. The maximum atomic E-state index is 10.1. The fraction of sp³-hybridized carbons (Fsp3) is 0.538. The van der Waals surface area contributed by atoms with E-state index in [2.05, 4.69) is 0 Å². The van der Waals surface area contributed by atoms with Crippen LogP contribution in [0.15, 0.2) is 29.2 Å². The summed E-state index contributed by atoms with van der Waals surface area (Å²) in [5.41, 5.74) is 1.07. The molecule has 3 nitrogen and oxygen atoms in total. The Bertz CT molecular complexity index is 449. The summed E-state index contributed by atoms with van der Waals surface area (Å²) < 4.78 is 5.55. The van der Waals surface area contributed by atoms with E-state index in [1.165, 1.54) is 6.42 Å². The fourth-order valence-electron chi connectivity index (χ4n) is 2.21. The van der Waals surface area contributed by atoms with Crippen molar-refractivity contribution in [1.29, 1.82) is 0 Å². The molecule has 0 bridgehead atoms. The van der Waals surface area contributed by atoms with Gasteiger partial charge < -0.3 is 14.3 Å². The topological polar surface area (TPSA) is 49.7 Å². The van der Waals surface area contributed by atoms with E-state index in [-0.39, 0.29) is 6.10 Å². The van der Waals surface area contributed by atoms with Gasteiger partial charge in [-0.15, -0.1) is 0 Å². The SMILES string of the molecule is Cc1ccccc1[SH]=P(O)(O)OC1CCCCC1. The zero-order valence-corrected chi connectivity index (χ0v) is 12.4. The van der Waals surface area contributed by atoms with E-state index in [1.54, 1.807) is 0 Å². The molecule has 0 aliphatic heterocycles. The minimum atomic E-state index is -3.29. The molecule has 0 spiro atoms. The predicted octanol–water partition coefficient (Wildman–Crippen LogP) is 3.18. The molecule has 0 saturated heterocycles. The molecule has 2 rings (SSSR count). The Morgan fingerprint density at radius 3 is 2.50 bits per heavy atom. The minimum absolute atomic E-state index is 0.0265. The number of thiol groups is 1. The Hall–Kier alpha value is -0.120. The first-order chi connectivity index (χ1) is 8.57. The van der Waals surface area contributed by atoms with Gasteiger partial charge in [-0.2, -0.15) is 0 Å². The Kier molecular flexibility index (Phi) is 5.05. The second kappa shape index (κ2) is 6.36. The van der Waals surface area contributed by atoms with Gasteiger partial charge in [0.15, 0.2) is 0 Å². The average Bonchev–Trinajstić information content (AvgIpc) is 2.32. The second-order valence-corrected chi connectivity index (χ2v) is 8.85. The number of hydrogen-bond acceptors (Lipinski definition) is 1. The predicted molar refractivity (Wildman–Crippen MR) is 77.5 cm³/mol. The monoisotopic (exact) mass is 288 g/mol. The van der Waals surface area contributed by atoms with Crippen molar-refractivity contribution in [2.24, 2.45) is 0 Å². The molecule has 5 heteroatoms. The summed E-state index contributed by atoms with van der Waals surface area (Å²) in [4.78, 5) is 21.1. The summed E-state index contributed by atoms with van der Waals surface area (Å²) >= 11 is 0. The molecule has 18 heavy (non-hydrogen) atoms. The minimum Gasteiger partial charge on any atom is -0.328 e. The molecule has 0 radical (unpaired) electrons. The van der Waals surface area contributed by atoms with Crippen LogP contribution >= 0.6 is 6.72 Å². The molecule has 0 atom stereocenters. The van der Waals surface area contributed by atoms with Gasteiger partial charge >= 0.3 is 0 Å². The van der Waals surface area contributed by atoms with Crippen molar-refractivity contribution in [3.8, 4) is 0 Å². The normalized spacial score (nSPS) is 17.9. The van der Waals surface area contributed by atoms with Crippen LogP contribution in [-0.2, 0) is 15.5 Å². The summed E-state index contributed by atoms with van der Waals surface area (Å²) in [5, 5.41) is 0. The van der Waals surface area contributed by atoms with Gasteiger partial charge in [-0.3, -0.25) is 0 Å². The molecule has 1 aliphatic carbocycles. The smallest absolute Gasteiger partial charge is 0.281 e. The summed E-state index contributed by atoms with van der Waals surface area (Å²) in [6, 6.07) is 7.76. The van der Waals surface area contributed by atoms with Crippen molar-refractivity contribution in [3.05, 3.63) is 29.8 Å². The molecule has 2 N–H and O–H groups in total. The average molecular weight is 288 g/mol. The van der Waals surface area contributed by atoms with Gasteiger partial charge in [0, 0.05) is 4.90 Å². The summed E-state index contributed by atoms with van der Waals surface area (Å²) in [7, 11) is 0.510. The lowest BCUT2D eigenvalue weighted by atomic mass is 9.98. The van der Waals surface area contributed by atoms with Crippen LogP contribution in [0.3, 0.4) is 0 Å². The third-order valence-electron chi connectivity index (χ3n) is 3.20. The standard InChI is InChI=1S/C13H21O3PS/c1-11-7-5-6-10-13(11)18-17(14,15)16-12-8-3-2-4-9-12/h5-7,10,12,14-15,18H,2-4,8-9H2,1H3. The molecule has 1 saturated carbocycles. The zero-order valence-electron chi connectivity index (χ0n) is 10.6. The fourth-order valence-corrected chi connectivity index (χ4v) is 5.59. The van der Waals surface area contributed by atoms with Gasteiger partial charge in [0.2, 0.25) is 0 Å². The van der Waals surface area contributed by atoms with Crippen LogP contribution in [0.2, 0.25) is 0 Å². The molecule has 1 aromatic carbocycles. The van der Waals surface area contributed by atoms with Crippen LogP contribution in [0.25, 0.3) is 0 Å². The largest absolute Gasteiger partial charge is 0.328 e. The lowest BCUT2D eigenvalue weighted by molar-refractivity contribution is 0.131. The number of hydrogen-bond donors (Lipinski definition) is 3. The third kappa shape index (κ3) is 4.22. The van der Waals surface area contributed by atoms with E-state index in [1.807, 2.05) is 31.2 Å². The maximum Gasteiger partial charge on any atom is 0.281 e. The molecule has 1 aliphatic rings. The first-order valence-corrected chi connectivity index (χ1v) is 9.60. The second-order valence-electron chi connectivity index (χ2n) is 4.77. The molecule has 1 aromatic rings. The summed E-state index contributed by atoms with van der Waals surface area (Å²) in [6.45, 7) is -1.31. The van der Waals surface area contributed by atoms with E-state index in [4.69, 9.17) is 4.52 Å². The van der Waals surface area contributed by atoms with Crippen LogP contribution in [0, 0.1) is 6.92 Å². The Morgan fingerprint density at radius 2 is 1.83 bits per heavy atom. The molecule has 0 unspecified atom stereocenters. The molecule has 0 aromatic heterocycles. The highest BCUT2D eigenvalue weighted by Crippen LogP contribution is 2.45. The van der Waals surface area contributed by atoms with Gasteiger partial charge in [-0.05, 0) is 31.4 Å². The van der Waals surface area contributed by atoms with Gasteiger partial charge in [0.1, 0.15) is 0 Å². The van der Waals surface area contributed by atoms with Crippen molar-refractivity contribution in [3.63, 3.8) is 0 Å². The van der Waals surface area contributed by atoms with Crippen LogP contribution in [0.1, 0.15) is 37.7 Å². The highest BCUT2D eigenvalue weighted by Gasteiger charge is 2.21. The van der Waals surface area contributed by atoms with Crippen molar-refractivity contribution in [1.82, 2.24) is 0 Å². The number of benzene rings is 1. The number of rotatable bonds is 3. The van der Waals surface area contributed by atoms with Gasteiger partial charge in [0.05, 0.1) is 6.10 Å². The third-order valence-corrected chi connectivity index (χ3v) is 6.47. The van der Waals surface area contributed by atoms with Crippen molar-refractivity contribution in [2.75, 3.05) is 0 Å². The van der Waals surface area contributed by atoms with Crippen molar-refractivity contribution < 1.29 is 14.3 Å². The van der Waals surface area contributed by atoms with Gasteiger partial charge in [-0.25, -0.2) is 0 Å². The Balaban J connectivity index is 2.11. The lowest BCUT2D eigenvalue weighted by Crippen LogP contribution is -2.15. The summed E-state index contributed by atoms with van der Waals surface area (Å²) in [6.07, 6.45) is 5.42.